The van der Waals surface area contributed by atoms with Crippen LogP contribution in [0.15, 0.2) is 24.3 Å². The Labute approximate surface area is 147 Å². The summed E-state index contributed by atoms with van der Waals surface area (Å²) in [4.78, 5) is 38.3. The molecule has 5 heteroatoms. The van der Waals surface area contributed by atoms with E-state index in [-0.39, 0.29) is 18.4 Å². The summed E-state index contributed by atoms with van der Waals surface area (Å²) in [5.41, 5.74) is -4.68. The average molecular weight is 346 g/mol. The van der Waals surface area contributed by atoms with Crippen LogP contribution in [0.5, 0.6) is 0 Å². The van der Waals surface area contributed by atoms with Crippen LogP contribution in [0.2, 0.25) is 0 Å². The Hall–Kier alpha value is -1.75. The van der Waals surface area contributed by atoms with E-state index in [1.807, 2.05) is 20.8 Å². The van der Waals surface area contributed by atoms with Crippen molar-refractivity contribution in [2.45, 2.75) is 58.5 Å². The molecule has 5 nitrogen and oxygen atoms in total. The van der Waals surface area contributed by atoms with E-state index >= 15 is 0 Å². The number of allylic oxidation sites excluding steroid dienone is 2. The summed E-state index contributed by atoms with van der Waals surface area (Å²) in [6.07, 6.45) is 5.35. The molecule has 2 N–H and O–H groups in total. The van der Waals surface area contributed by atoms with Crippen LogP contribution in [0.1, 0.15) is 52.9 Å². The quantitative estimate of drug-likeness (QED) is 0.592. The molecule has 4 atom stereocenters. The number of Topliss-reactive ketones (excluding diaryl/α,β-unsaturated/α-hetero) is 2. The lowest BCUT2D eigenvalue weighted by molar-refractivity contribution is -0.202. The Bertz CT molecular complexity index is 718. The molecule has 0 spiro atoms. The van der Waals surface area contributed by atoms with Crippen molar-refractivity contribution in [1.29, 1.82) is 0 Å². The topological polar surface area (TPSA) is 91.7 Å². The van der Waals surface area contributed by atoms with E-state index in [0.717, 1.165) is 0 Å². The predicted molar refractivity (Wildman–Crippen MR) is 91.8 cm³/mol. The van der Waals surface area contributed by atoms with Crippen molar-refractivity contribution in [3.8, 4) is 0 Å². The van der Waals surface area contributed by atoms with E-state index < -0.39 is 45.3 Å². The van der Waals surface area contributed by atoms with Crippen LogP contribution in [0.25, 0.3) is 0 Å². The number of carbonyl (C=O) groups is 3. The number of hydrogen-bond acceptors (Lipinski definition) is 4. The van der Waals surface area contributed by atoms with Gasteiger partial charge >= 0.3 is 5.97 Å². The van der Waals surface area contributed by atoms with Gasteiger partial charge in [-0.1, -0.05) is 39.3 Å². The molecule has 25 heavy (non-hydrogen) atoms. The molecular weight excluding hydrogens is 320 g/mol. The number of carboxylic acids is 1. The van der Waals surface area contributed by atoms with Gasteiger partial charge in [-0.2, -0.15) is 0 Å². The van der Waals surface area contributed by atoms with Gasteiger partial charge in [0.25, 0.3) is 0 Å². The molecule has 0 aliphatic heterocycles. The second-order valence-corrected chi connectivity index (χ2v) is 8.87. The van der Waals surface area contributed by atoms with Gasteiger partial charge in [-0.25, -0.2) is 0 Å². The van der Waals surface area contributed by atoms with Crippen LogP contribution in [0.4, 0.5) is 0 Å². The van der Waals surface area contributed by atoms with E-state index in [0.29, 0.717) is 19.3 Å². The predicted octanol–water partition coefficient (Wildman–Crippen LogP) is 2.68. The lowest BCUT2D eigenvalue weighted by Crippen LogP contribution is -2.70. The van der Waals surface area contributed by atoms with Crippen molar-refractivity contribution in [1.82, 2.24) is 0 Å². The average Bonchev–Trinajstić information content (AvgIpc) is 2.53. The Morgan fingerprint density at radius 2 is 1.84 bits per heavy atom. The Morgan fingerprint density at radius 1 is 1.20 bits per heavy atom. The number of ketones is 2. The van der Waals surface area contributed by atoms with Gasteiger partial charge < -0.3 is 10.2 Å². The molecule has 3 rings (SSSR count). The second-order valence-electron chi connectivity index (χ2n) is 8.87. The number of hydrogen-bond donors (Lipinski definition) is 2. The van der Waals surface area contributed by atoms with Crippen molar-refractivity contribution < 1.29 is 24.6 Å². The third kappa shape index (κ3) is 2.08. The van der Waals surface area contributed by atoms with Gasteiger partial charge in [0, 0.05) is 11.0 Å². The summed E-state index contributed by atoms with van der Waals surface area (Å²) in [5, 5.41) is 21.8. The molecule has 0 aromatic heterocycles. The number of fused-ring (bicyclic) bond motifs is 3. The van der Waals surface area contributed by atoms with Crippen LogP contribution in [0, 0.1) is 22.2 Å². The first-order valence-corrected chi connectivity index (χ1v) is 8.86. The van der Waals surface area contributed by atoms with E-state index in [2.05, 4.69) is 6.58 Å². The number of aliphatic hydroxyl groups is 1. The smallest absolute Gasteiger partial charge is 0.313 e. The van der Waals surface area contributed by atoms with Gasteiger partial charge in [0.05, 0.1) is 5.92 Å². The van der Waals surface area contributed by atoms with Crippen LogP contribution < -0.4 is 0 Å². The van der Waals surface area contributed by atoms with E-state index in [4.69, 9.17) is 0 Å². The minimum Gasteiger partial charge on any atom is -0.481 e. The molecule has 3 aliphatic carbocycles. The first-order chi connectivity index (χ1) is 11.5. The first kappa shape index (κ1) is 18.1. The summed E-state index contributed by atoms with van der Waals surface area (Å²) < 4.78 is 0. The molecule has 0 bridgehead atoms. The van der Waals surface area contributed by atoms with E-state index in [1.54, 1.807) is 12.2 Å². The zero-order valence-electron chi connectivity index (χ0n) is 15.1. The van der Waals surface area contributed by atoms with Crippen molar-refractivity contribution >= 4 is 17.5 Å². The monoisotopic (exact) mass is 346 g/mol. The van der Waals surface area contributed by atoms with Crippen molar-refractivity contribution in [2.24, 2.45) is 22.2 Å². The van der Waals surface area contributed by atoms with Crippen LogP contribution in [-0.2, 0) is 14.4 Å². The van der Waals surface area contributed by atoms with E-state index in [1.165, 1.54) is 0 Å². The summed E-state index contributed by atoms with van der Waals surface area (Å²) in [7, 11) is 0. The molecule has 0 saturated heterocycles. The van der Waals surface area contributed by atoms with Gasteiger partial charge in [-0.15, -0.1) is 6.58 Å². The number of rotatable bonds is 2. The van der Waals surface area contributed by atoms with E-state index in [9.17, 15) is 24.6 Å². The van der Waals surface area contributed by atoms with Gasteiger partial charge in [0.15, 0.2) is 0 Å². The molecule has 0 aromatic rings. The van der Waals surface area contributed by atoms with Crippen LogP contribution in [0.3, 0.4) is 0 Å². The highest BCUT2D eigenvalue weighted by Gasteiger charge is 2.73. The molecule has 0 radical (unpaired) electrons. The molecule has 3 aliphatic rings. The highest BCUT2D eigenvalue weighted by molar-refractivity contribution is 6.46. The van der Waals surface area contributed by atoms with Crippen molar-refractivity contribution in [2.75, 3.05) is 0 Å². The number of carbonyl (C=O) groups excluding carboxylic acids is 2. The third-order valence-electron chi connectivity index (χ3n) is 6.93. The minimum atomic E-state index is -1.81. The molecule has 1 unspecified atom stereocenters. The summed E-state index contributed by atoms with van der Waals surface area (Å²) in [6, 6.07) is 0. The summed E-state index contributed by atoms with van der Waals surface area (Å²) in [5.74, 6) is -3.58. The maximum atomic E-state index is 13.0. The molecule has 2 fully saturated rings. The SMILES string of the molecule is C=C[C@]1(C)C=C2C(=O)C(=O)[C@H]3C(C)(C)CCC[C@]3(C(=O)O)C2(O)CC1. The molecule has 0 aromatic carbocycles. The maximum absolute atomic E-state index is 13.0. The van der Waals surface area contributed by atoms with Gasteiger partial charge in [0.1, 0.15) is 11.0 Å². The Balaban J connectivity index is 2.32. The fraction of sp³-hybridized carbons (Fsp3) is 0.650. The van der Waals surface area contributed by atoms with Crippen molar-refractivity contribution in [3.63, 3.8) is 0 Å². The van der Waals surface area contributed by atoms with Gasteiger partial charge in [-0.05, 0) is 31.1 Å². The number of aliphatic carboxylic acids is 1. The van der Waals surface area contributed by atoms with Crippen LogP contribution in [-0.4, -0.2) is 33.3 Å². The third-order valence-corrected chi connectivity index (χ3v) is 6.93. The first-order valence-electron chi connectivity index (χ1n) is 8.86. The lowest BCUT2D eigenvalue weighted by Gasteiger charge is -2.60. The van der Waals surface area contributed by atoms with Crippen LogP contribution >= 0.6 is 0 Å². The van der Waals surface area contributed by atoms with Gasteiger partial charge in [-0.3, -0.25) is 14.4 Å². The molecule has 0 heterocycles. The normalized spacial score (nSPS) is 42.9. The molecule has 136 valence electrons. The highest BCUT2D eigenvalue weighted by Crippen LogP contribution is 2.64. The standard InChI is InChI=1S/C20H26O5/c1-5-18(4)9-10-20(25)12(11-18)13(21)14(22)15-17(2,3)7-6-8-19(15,20)16(23)24/h5,11,15,25H,1,6-10H2,2-4H3,(H,23,24)/t15-,18-,19-,20?/m0/s1. The Morgan fingerprint density at radius 3 is 2.40 bits per heavy atom. The van der Waals surface area contributed by atoms with Crippen molar-refractivity contribution in [3.05, 3.63) is 24.3 Å². The fourth-order valence-electron chi connectivity index (χ4n) is 5.46. The summed E-state index contributed by atoms with van der Waals surface area (Å²) >= 11 is 0. The summed E-state index contributed by atoms with van der Waals surface area (Å²) in [6.45, 7) is 9.30. The zero-order chi connectivity index (χ0) is 18.8. The lowest BCUT2D eigenvalue weighted by atomic mass is 9.42. The van der Waals surface area contributed by atoms with Gasteiger partial charge in [0.2, 0.25) is 11.6 Å². The molecule has 0 amide bonds. The maximum Gasteiger partial charge on any atom is 0.313 e. The zero-order valence-corrected chi connectivity index (χ0v) is 15.1. The number of carboxylic acid groups (broad SMARTS) is 1. The second kappa shape index (κ2) is 5.13. The molecular formula is C20H26O5. The molecule has 2 saturated carbocycles. The fourth-order valence-corrected chi connectivity index (χ4v) is 5.46. The highest BCUT2D eigenvalue weighted by atomic mass is 16.4. The Kier molecular flexibility index (Phi) is 3.71. The minimum absolute atomic E-state index is 0.0394. The largest absolute Gasteiger partial charge is 0.481 e.